The fraction of sp³-hybridized carbons (Fsp3) is 0.364. The van der Waals surface area contributed by atoms with Gasteiger partial charge in [0.2, 0.25) is 5.91 Å². The van der Waals surface area contributed by atoms with E-state index in [1.807, 2.05) is 30.3 Å². The summed E-state index contributed by atoms with van der Waals surface area (Å²) in [5.74, 6) is 0.245. The Bertz CT molecular complexity index is 842. The monoisotopic (exact) mass is 543 g/mol. The number of carbonyl (C=O) groups is 1. The van der Waals surface area contributed by atoms with Gasteiger partial charge in [0.25, 0.3) is 0 Å². The van der Waals surface area contributed by atoms with Gasteiger partial charge in [0.1, 0.15) is 0 Å². The quantitative estimate of drug-likeness (QED) is 0.255. The highest BCUT2D eigenvalue weighted by molar-refractivity contribution is 14.0. The highest BCUT2D eigenvalue weighted by atomic mass is 127. The number of nitrogens with two attached hydrogens (primary N) is 1. The van der Waals surface area contributed by atoms with Crippen molar-refractivity contribution in [3.8, 4) is 0 Å². The molecule has 0 aliphatic rings. The number of halogens is 2. The SMILES string of the molecule is CCN(CC)C(CNC(=NC)NCc1cccc(C(N)=O)c1)c1ccccc1Cl.I. The Morgan fingerprint density at radius 2 is 1.83 bits per heavy atom. The van der Waals surface area contributed by atoms with Crippen LogP contribution < -0.4 is 16.4 Å². The molecule has 0 bridgehead atoms. The lowest BCUT2D eigenvalue weighted by atomic mass is 10.0. The summed E-state index contributed by atoms with van der Waals surface area (Å²) in [5, 5.41) is 7.44. The van der Waals surface area contributed by atoms with Gasteiger partial charge >= 0.3 is 0 Å². The Kier molecular flexibility index (Phi) is 11.8. The first-order chi connectivity index (χ1) is 14.0. The number of rotatable bonds is 9. The number of primary amides is 1. The van der Waals surface area contributed by atoms with Crippen LogP contribution in [0.5, 0.6) is 0 Å². The van der Waals surface area contributed by atoms with Gasteiger partial charge in [-0.15, -0.1) is 24.0 Å². The molecule has 2 aromatic carbocycles. The van der Waals surface area contributed by atoms with Crippen molar-refractivity contribution >= 4 is 47.4 Å². The fourth-order valence-electron chi connectivity index (χ4n) is 3.28. The summed E-state index contributed by atoms with van der Waals surface area (Å²) < 4.78 is 0. The number of hydrogen-bond donors (Lipinski definition) is 3. The van der Waals surface area contributed by atoms with Gasteiger partial charge in [-0.05, 0) is 42.4 Å². The summed E-state index contributed by atoms with van der Waals surface area (Å²) in [6, 6.07) is 15.3. The number of guanidine groups is 1. The van der Waals surface area contributed by atoms with Crippen LogP contribution in [0.15, 0.2) is 53.5 Å². The lowest BCUT2D eigenvalue weighted by Crippen LogP contribution is -2.43. The first kappa shape index (κ1) is 26.2. The normalized spacial score (nSPS) is 12.2. The van der Waals surface area contributed by atoms with Crippen LogP contribution in [0, 0.1) is 0 Å². The molecule has 0 radical (unpaired) electrons. The van der Waals surface area contributed by atoms with Gasteiger partial charge < -0.3 is 16.4 Å². The van der Waals surface area contributed by atoms with Gasteiger partial charge in [0, 0.05) is 30.7 Å². The van der Waals surface area contributed by atoms with Crippen LogP contribution in [-0.4, -0.2) is 43.4 Å². The molecule has 0 aliphatic heterocycles. The second kappa shape index (κ2) is 13.5. The van der Waals surface area contributed by atoms with Crippen molar-refractivity contribution in [2.45, 2.75) is 26.4 Å². The van der Waals surface area contributed by atoms with Crippen LogP contribution >= 0.6 is 35.6 Å². The lowest BCUT2D eigenvalue weighted by Gasteiger charge is -2.31. The predicted octanol–water partition coefficient (Wildman–Crippen LogP) is 3.81. The molecule has 6 nitrogen and oxygen atoms in total. The Balaban J connectivity index is 0.00000450. The van der Waals surface area contributed by atoms with E-state index in [1.165, 1.54) is 0 Å². The third-order valence-corrected chi connectivity index (χ3v) is 5.22. The number of nitrogens with one attached hydrogen (secondary N) is 2. The van der Waals surface area contributed by atoms with Crippen molar-refractivity contribution in [2.24, 2.45) is 10.7 Å². The van der Waals surface area contributed by atoms with Crippen molar-refractivity contribution in [1.29, 1.82) is 0 Å². The summed E-state index contributed by atoms with van der Waals surface area (Å²) >= 11 is 6.47. The van der Waals surface area contributed by atoms with Gasteiger partial charge in [-0.3, -0.25) is 14.7 Å². The van der Waals surface area contributed by atoms with Crippen molar-refractivity contribution in [1.82, 2.24) is 15.5 Å². The molecule has 0 aliphatic carbocycles. The van der Waals surface area contributed by atoms with E-state index in [0.29, 0.717) is 24.6 Å². The number of nitrogens with zero attached hydrogens (tertiary/aromatic N) is 2. The van der Waals surface area contributed by atoms with Gasteiger partial charge in [-0.1, -0.05) is 55.8 Å². The number of hydrogen-bond acceptors (Lipinski definition) is 3. The average Bonchev–Trinajstić information content (AvgIpc) is 2.74. The van der Waals surface area contributed by atoms with Gasteiger partial charge in [-0.25, -0.2) is 0 Å². The zero-order chi connectivity index (χ0) is 21.2. The molecule has 1 amide bonds. The smallest absolute Gasteiger partial charge is 0.248 e. The maximum absolute atomic E-state index is 11.4. The Morgan fingerprint density at radius 3 is 2.43 bits per heavy atom. The number of carbonyl (C=O) groups excluding carboxylic acids is 1. The second-order valence-corrected chi connectivity index (χ2v) is 7.04. The van der Waals surface area contributed by atoms with Crippen LogP contribution in [0.1, 0.15) is 41.4 Å². The van der Waals surface area contributed by atoms with Crippen LogP contribution in [0.3, 0.4) is 0 Å². The molecule has 4 N–H and O–H groups in total. The van der Waals surface area contributed by atoms with E-state index in [4.69, 9.17) is 17.3 Å². The maximum Gasteiger partial charge on any atom is 0.248 e. The van der Waals surface area contributed by atoms with E-state index >= 15 is 0 Å². The second-order valence-electron chi connectivity index (χ2n) is 6.63. The van der Waals surface area contributed by atoms with Crippen molar-refractivity contribution in [3.63, 3.8) is 0 Å². The van der Waals surface area contributed by atoms with Gasteiger partial charge in [-0.2, -0.15) is 0 Å². The summed E-state index contributed by atoms with van der Waals surface area (Å²) in [7, 11) is 1.73. The molecule has 1 atom stereocenters. The molecule has 2 rings (SSSR count). The third-order valence-electron chi connectivity index (χ3n) is 4.88. The Morgan fingerprint density at radius 1 is 1.13 bits per heavy atom. The fourth-order valence-corrected chi connectivity index (χ4v) is 3.54. The Hall–Kier alpha value is -1.84. The van der Waals surface area contributed by atoms with Gasteiger partial charge in [0.15, 0.2) is 5.96 Å². The number of amides is 1. The van der Waals surface area contributed by atoms with Crippen LogP contribution in [0.2, 0.25) is 5.02 Å². The average molecular weight is 544 g/mol. The summed E-state index contributed by atoms with van der Waals surface area (Å²) in [6.07, 6.45) is 0. The molecule has 8 heteroatoms. The zero-order valence-electron chi connectivity index (χ0n) is 17.7. The Labute approximate surface area is 201 Å². The van der Waals surface area contributed by atoms with Crippen LogP contribution in [0.4, 0.5) is 0 Å². The molecule has 164 valence electrons. The molecule has 0 fully saturated rings. The highest BCUT2D eigenvalue weighted by Gasteiger charge is 2.20. The number of benzene rings is 2. The van der Waals surface area contributed by atoms with E-state index in [1.54, 1.807) is 19.2 Å². The summed E-state index contributed by atoms with van der Waals surface area (Å²) in [6.45, 7) is 7.31. The lowest BCUT2D eigenvalue weighted by molar-refractivity contribution is 0.1000. The number of aliphatic imine (C=N–C) groups is 1. The molecule has 0 saturated heterocycles. The van der Waals surface area contributed by atoms with E-state index in [-0.39, 0.29) is 30.0 Å². The molecular weight excluding hydrogens is 513 g/mol. The zero-order valence-corrected chi connectivity index (χ0v) is 20.8. The van der Waals surface area contributed by atoms with Gasteiger partial charge in [0.05, 0.1) is 6.04 Å². The molecule has 30 heavy (non-hydrogen) atoms. The number of likely N-dealkylation sites (N-methyl/N-ethyl adjacent to an activating group) is 1. The van der Waals surface area contributed by atoms with Crippen LogP contribution in [-0.2, 0) is 6.54 Å². The molecule has 0 spiro atoms. The molecule has 0 saturated carbocycles. The standard InChI is InChI=1S/C22H30ClN5O.HI/c1-4-28(5-2)20(18-11-6-7-12-19(18)23)15-27-22(25-3)26-14-16-9-8-10-17(13-16)21(24)29;/h6-13,20H,4-5,14-15H2,1-3H3,(H2,24,29)(H2,25,26,27);1H. The van der Waals surface area contributed by atoms with E-state index in [0.717, 1.165) is 29.2 Å². The summed E-state index contributed by atoms with van der Waals surface area (Å²) in [5.41, 5.74) is 7.90. The van der Waals surface area contributed by atoms with Crippen molar-refractivity contribution in [3.05, 3.63) is 70.2 Å². The maximum atomic E-state index is 11.4. The van der Waals surface area contributed by atoms with E-state index < -0.39 is 5.91 Å². The van der Waals surface area contributed by atoms with Crippen molar-refractivity contribution in [2.75, 3.05) is 26.7 Å². The molecule has 0 heterocycles. The highest BCUT2D eigenvalue weighted by Crippen LogP contribution is 2.26. The largest absolute Gasteiger partial charge is 0.366 e. The minimum atomic E-state index is -0.434. The predicted molar refractivity (Wildman–Crippen MR) is 136 cm³/mol. The van der Waals surface area contributed by atoms with E-state index in [2.05, 4.69) is 40.4 Å². The molecule has 0 aromatic heterocycles. The van der Waals surface area contributed by atoms with Crippen molar-refractivity contribution < 1.29 is 4.79 Å². The topological polar surface area (TPSA) is 82.8 Å². The minimum absolute atomic E-state index is 0. The summed E-state index contributed by atoms with van der Waals surface area (Å²) in [4.78, 5) is 18.0. The molecule has 2 aromatic rings. The minimum Gasteiger partial charge on any atom is -0.366 e. The first-order valence-corrected chi connectivity index (χ1v) is 10.2. The molecular formula is C22H31ClIN5O. The van der Waals surface area contributed by atoms with E-state index in [9.17, 15) is 4.79 Å². The first-order valence-electron chi connectivity index (χ1n) is 9.81. The molecule has 1 unspecified atom stereocenters. The third kappa shape index (κ3) is 7.45. The van der Waals surface area contributed by atoms with Crippen LogP contribution in [0.25, 0.3) is 0 Å².